The van der Waals surface area contributed by atoms with Crippen LogP contribution < -0.4 is 0 Å². The van der Waals surface area contributed by atoms with Gasteiger partial charge in [-0.2, -0.15) is 0 Å². The number of hydrogen-bond donors (Lipinski definition) is 2. The van der Waals surface area contributed by atoms with Crippen LogP contribution in [-0.4, -0.2) is 35.0 Å². The van der Waals surface area contributed by atoms with Crippen molar-refractivity contribution in [2.75, 3.05) is 0 Å². The van der Waals surface area contributed by atoms with E-state index in [1.54, 1.807) is 0 Å². The minimum atomic E-state index is -0.647. The van der Waals surface area contributed by atoms with Crippen molar-refractivity contribution in [1.29, 1.82) is 0 Å². The summed E-state index contributed by atoms with van der Waals surface area (Å²) >= 11 is 0. The van der Waals surface area contributed by atoms with E-state index < -0.39 is 12.6 Å². The average molecular weight is 328 g/mol. The zero-order valence-electron chi connectivity index (χ0n) is 13.6. The first kappa shape index (κ1) is 12.3. The van der Waals surface area contributed by atoms with Gasteiger partial charge in [-0.1, -0.05) is 0 Å². The third kappa shape index (κ3) is 0.719. The number of aliphatic hydroxyl groups excluding tert-OH is 2. The predicted molar refractivity (Wildman–Crippen MR) is 80.0 cm³/mol. The normalized spacial score (nSPS) is 85.2. The summed E-state index contributed by atoms with van der Waals surface area (Å²) in [5, 5.41) is 22.8. The fourth-order valence-electron chi connectivity index (χ4n) is 12.5. The molecule has 128 valence electrons. The Bertz CT molecular complexity index is 648. The van der Waals surface area contributed by atoms with Crippen molar-refractivity contribution < 1.29 is 19.7 Å². The van der Waals surface area contributed by atoms with Crippen LogP contribution in [-0.2, 0) is 9.47 Å². The molecule has 0 aromatic carbocycles. The molecule has 2 heterocycles. The average Bonchev–Trinajstić information content (AvgIpc) is 3.34. The van der Waals surface area contributed by atoms with Gasteiger partial charge in [-0.05, 0) is 84.9 Å². The molecule has 4 nitrogen and oxygen atoms in total. The van der Waals surface area contributed by atoms with Crippen molar-refractivity contribution in [3.05, 3.63) is 0 Å². The van der Waals surface area contributed by atoms with Gasteiger partial charge in [-0.3, -0.25) is 0 Å². The first-order valence-electron chi connectivity index (χ1n) is 10.4. The van der Waals surface area contributed by atoms with Gasteiger partial charge in [0.2, 0.25) is 0 Å². The Morgan fingerprint density at radius 3 is 1.50 bits per heavy atom. The number of rotatable bonds is 0. The fraction of sp³-hybridized carbons (Fsp3) is 1.00. The monoisotopic (exact) mass is 328 g/mol. The molecule has 2 N–H and O–H groups in total. The molecule has 0 amide bonds. The van der Waals surface area contributed by atoms with Gasteiger partial charge in [0.25, 0.3) is 0 Å². The molecule has 10 aliphatic rings. The van der Waals surface area contributed by atoms with Gasteiger partial charge in [-0.25, -0.2) is 0 Å². The molecule has 2 saturated heterocycles. The summed E-state index contributed by atoms with van der Waals surface area (Å²) in [7, 11) is 0. The number of ether oxygens (including phenoxy) is 2. The van der Waals surface area contributed by atoms with Gasteiger partial charge >= 0.3 is 0 Å². The topological polar surface area (TPSA) is 58.9 Å². The number of aliphatic hydroxyl groups is 2. The fourth-order valence-corrected chi connectivity index (χ4v) is 12.5. The smallest absolute Gasteiger partial charge is 0.161 e. The lowest BCUT2D eigenvalue weighted by molar-refractivity contribution is -0.393. The summed E-state index contributed by atoms with van der Waals surface area (Å²) < 4.78 is 12.7. The van der Waals surface area contributed by atoms with E-state index in [2.05, 4.69) is 0 Å². The first-order valence-corrected chi connectivity index (χ1v) is 10.4. The Kier molecular flexibility index (Phi) is 1.56. The maximum atomic E-state index is 11.4. The van der Waals surface area contributed by atoms with E-state index >= 15 is 0 Å². The van der Waals surface area contributed by atoms with Crippen LogP contribution in [0.2, 0.25) is 0 Å². The van der Waals surface area contributed by atoms with Crippen LogP contribution in [0.4, 0.5) is 0 Å². The summed E-state index contributed by atoms with van der Waals surface area (Å²) in [5.74, 6) is 6.92. The van der Waals surface area contributed by atoms with Crippen molar-refractivity contribution >= 4 is 0 Å². The third-order valence-electron chi connectivity index (χ3n) is 11.7. The molecule has 0 radical (unpaired) electrons. The molecule has 8 aliphatic carbocycles. The van der Waals surface area contributed by atoms with Crippen LogP contribution in [0.25, 0.3) is 0 Å². The van der Waals surface area contributed by atoms with E-state index in [0.717, 1.165) is 36.5 Å². The Labute approximate surface area is 140 Å². The molecular formula is C20H24O4. The van der Waals surface area contributed by atoms with Crippen molar-refractivity contribution in [1.82, 2.24) is 0 Å². The summed E-state index contributed by atoms with van der Waals surface area (Å²) in [6, 6.07) is 0. The largest absolute Gasteiger partial charge is 0.367 e. The second kappa shape index (κ2) is 3.04. The molecule has 0 unspecified atom stereocenters. The molecule has 2 aliphatic heterocycles. The van der Waals surface area contributed by atoms with Crippen molar-refractivity contribution in [2.24, 2.45) is 70.0 Å². The molecule has 24 heavy (non-hydrogen) atoms. The van der Waals surface area contributed by atoms with Gasteiger partial charge in [0.15, 0.2) is 12.6 Å². The Morgan fingerprint density at radius 2 is 1.04 bits per heavy atom. The van der Waals surface area contributed by atoms with E-state index in [1.165, 1.54) is 12.8 Å². The highest BCUT2D eigenvalue weighted by Gasteiger charge is 3.01. The van der Waals surface area contributed by atoms with Gasteiger partial charge < -0.3 is 19.7 Å². The standard InChI is InChI=1S/C20H24O4/c21-17-19-13-5-1-3-7-9(5)15-11(13)12-14(20(15,19)18(22)23-7)6-2-4-8(24-17)10(6)16(12)19/h5-18,21-22H,1-4H2/t5-,6+,7-,8-,9-,10-,11-,12+,13-,14+,15-,16+,17+,18-,19-,20-/m1/s1. The number of hydrogen-bond acceptors (Lipinski definition) is 4. The predicted octanol–water partition coefficient (Wildman–Crippen LogP) is 1.21. The van der Waals surface area contributed by atoms with Gasteiger partial charge in [0.05, 0.1) is 12.2 Å². The minimum Gasteiger partial charge on any atom is -0.367 e. The highest BCUT2D eigenvalue weighted by atomic mass is 16.6. The van der Waals surface area contributed by atoms with Crippen molar-refractivity contribution in [3.63, 3.8) is 0 Å². The SMILES string of the molecule is O[C@@H]1O[C@@H]2CC[C@@H]3[C@H]2[C@@H]2[C@@H]4[C@@H]5[C@@H]6[C@@H]7[C@@H]8CC[C@H]7O[C@H](O)[C@]6([C@H]34)[C@]21[C@@H]85. The maximum Gasteiger partial charge on any atom is 0.161 e. The molecule has 16 atom stereocenters. The van der Waals surface area contributed by atoms with E-state index in [-0.39, 0.29) is 10.8 Å². The molecule has 8 saturated carbocycles. The Hall–Kier alpha value is -0.160. The molecule has 2 spiro atoms. The van der Waals surface area contributed by atoms with Gasteiger partial charge in [-0.15, -0.1) is 0 Å². The van der Waals surface area contributed by atoms with Crippen LogP contribution in [0.1, 0.15) is 25.7 Å². The highest BCUT2D eigenvalue weighted by molar-refractivity contribution is 5.45. The Morgan fingerprint density at radius 1 is 0.583 bits per heavy atom. The minimum absolute atomic E-state index is 0.157. The van der Waals surface area contributed by atoms with Crippen LogP contribution in [0.5, 0.6) is 0 Å². The van der Waals surface area contributed by atoms with Crippen LogP contribution in [0, 0.1) is 70.0 Å². The summed E-state index contributed by atoms with van der Waals surface area (Å²) in [6.45, 7) is 0. The molecular weight excluding hydrogens is 304 g/mol. The summed E-state index contributed by atoms with van der Waals surface area (Å²) in [6.07, 6.45) is 4.08. The van der Waals surface area contributed by atoms with Gasteiger partial charge in [0.1, 0.15) is 0 Å². The third-order valence-corrected chi connectivity index (χ3v) is 11.7. The van der Waals surface area contributed by atoms with E-state index in [4.69, 9.17) is 9.47 Å². The van der Waals surface area contributed by atoms with Crippen LogP contribution >= 0.6 is 0 Å². The highest BCUT2D eigenvalue weighted by Crippen LogP contribution is 3.00. The zero-order chi connectivity index (χ0) is 15.3. The lowest BCUT2D eigenvalue weighted by atomic mass is 9.41. The van der Waals surface area contributed by atoms with Gasteiger partial charge in [0, 0.05) is 10.8 Å². The van der Waals surface area contributed by atoms with Crippen LogP contribution in [0.3, 0.4) is 0 Å². The first-order chi connectivity index (χ1) is 11.7. The molecule has 4 heteroatoms. The quantitative estimate of drug-likeness (QED) is 0.702. The van der Waals surface area contributed by atoms with E-state index in [9.17, 15) is 10.2 Å². The molecule has 10 rings (SSSR count). The summed E-state index contributed by atoms with van der Waals surface area (Å²) in [5.41, 5.74) is -0.314. The van der Waals surface area contributed by atoms with E-state index in [0.29, 0.717) is 47.7 Å². The lowest BCUT2D eigenvalue weighted by Crippen LogP contribution is -2.73. The van der Waals surface area contributed by atoms with Crippen LogP contribution in [0.15, 0.2) is 0 Å². The second-order valence-electron chi connectivity index (χ2n) is 10.8. The zero-order valence-corrected chi connectivity index (χ0v) is 13.6. The molecule has 0 aromatic heterocycles. The summed E-state index contributed by atoms with van der Waals surface area (Å²) in [4.78, 5) is 0. The lowest BCUT2D eigenvalue weighted by Gasteiger charge is -2.68. The molecule has 10 fully saturated rings. The van der Waals surface area contributed by atoms with Crippen molar-refractivity contribution in [3.8, 4) is 0 Å². The maximum absolute atomic E-state index is 11.4. The Balaban J connectivity index is 1.42. The molecule has 8 bridgehead atoms. The van der Waals surface area contributed by atoms with E-state index in [1.807, 2.05) is 0 Å². The van der Waals surface area contributed by atoms with Crippen molar-refractivity contribution in [2.45, 2.75) is 50.5 Å². The second-order valence-corrected chi connectivity index (χ2v) is 10.8. The molecule has 0 aromatic rings.